The lowest BCUT2D eigenvalue weighted by Gasteiger charge is -2.10. The molecule has 8 heteroatoms. The van der Waals surface area contributed by atoms with Crippen LogP contribution >= 0.6 is 0 Å². The van der Waals surface area contributed by atoms with Crippen molar-refractivity contribution in [1.82, 2.24) is 5.32 Å². The number of nitro groups is 1. The number of urea groups is 1. The van der Waals surface area contributed by atoms with Crippen molar-refractivity contribution in [2.75, 3.05) is 5.32 Å². The van der Waals surface area contributed by atoms with E-state index in [4.69, 9.17) is 5.11 Å². The number of hydrogen-bond acceptors (Lipinski definition) is 4. The van der Waals surface area contributed by atoms with Gasteiger partial charge in [0.05, 0.1) is 4.92 Å². The minimum atomic E-state index is -1.20. The molecular formula is C10H11N3O5. The topological polar surface area (TPSA) is 122 Å². The number of carbonyl (C=O) groups is 2. The summed E-state index contributed by atoms with van der Waals surface area (Å²) in [5.74, 6) is -1.20. The van der Waals surface area contributed by atoms with Gasteiger partial charge in [0, 0.05) is 6.07 Å². The summed E-state index contributed by atoms with van der Waals surface area (Å²) in [6, 6.07) is 3.65. The van der Waals surface area contributed by atoms with Crippen LogP contribution in [0.25, 0.3) is 0 Å². The number of carboxylic acids is 1. The molecular weight excluding hydrogens is 242 g/mol. The number of aliphatic carboxylic acids is 1. The van der Waals surface area contributed by atoms with Crippen molar-refractivity contribution in [1.29, 1.82) is 0 Å². The number of carbonyl (C=O) groups excluding carboxylic acids is 1. The van der Waals surface area contributed by atoms with Gasteiger partial charge in [-0.3, -0.25) is 14.9 Å². The number of benzene rings is 1. The average Bonchev–Trinajstić information content (AvgIpc) is 2.28. The molecule has 3 N–H and O–H groups in total. The van der Waals surface area contributed by atoms with Crippen LogP contribution in [-0.2, 0) is 4.79 Å². The predicted octanol–water partition coefficient (Wildman–Crippen LogP) is 1.19. The van der Waals surface area contributed by atoms with Crippen molar-refractivity contribution in [3.8, 4) is 0 Å². The van der Waals surface area contributed by atoms with Gasteiger partial charge in [-0.25, -0.2) is 4.79 Å². The molecule has 0 bridgehead atoms. The Balaban J connectivity index is 2.76. The number of carboxylic acid groups (broad SMARTS) is 1. The van der Waals surface area contributed by atoms with Crippen molar-refractivity contribution in [2.24, 2.45) is 0 Å². The van der Waals surface area contributed by atoms with Crippen LogP contribution in [0.1, 0.15) is 6.92 Å². The summed E-state index contributed by atoms with van der Waals surface area (Å²) in [6.45, 7) is 1.28. The number of para-hydroxylation sites is 2. The van der Waals surface area contributed by atoms with E-state index in [1.165, 1.54) is 31.2 Å². The van der Waals surface area contributed by atoms with E-state index >= 15 is 0 Å². The van der Waals surface area contributed by atoms with Crippen molar-refractivity contribution >= 4 is 23.4 Å². The maximum absolute atomic E-state index is 11.4. The number of nitrogens with one attached hydrogen (secondary N) is 2. The van der Waals surface area contributed by atoms with Crippen LogP contribution in [0.15, 0.2) is 24.3 Å². The maximum atomic E-state index is 11.4. The Kier molecular flexibility index (Phi) is 4.19. The van der Waals surface area contributed by atoms with Gasteiger partial charge in [0.2, 0.25) is 0 Å². The fourth-order valence-corrected chi connectivity index (χ4v) is 1.16. The normalized spacial score (nSPS) is 11.4. The van der Waals surface area contributed by atoms with Gasteiger partial charge < -0.3 is 15.7 Å². The van der Waals surface area contributed by atoms with Crippen LogP contribution in [0.5, 0.6) is 0 Å². The Bertz CT molecular complexity index is 488. The van der Waals surface area contributed by atoms with Crippen molar-refractivity contribution < 1.29 is 19.6 Å². The summed E-state index contributed by atoms with van der Waals surface area (Å²) >= 11 is 0. The Hall–Kier alpha value is -2.64. The van der Waals surface area contributed by atoms with Gasteiger partial charge in [-0.15, -0.1) is 0 Å². The van der Waals surface area contributed by atoms with Gasteiger partial charge in [-0.1, -0.05) is 12.1 Å². The molecule has 0 aliphatic carbocycles. The molecule has 1 rings (SSSR count). The molecule has 0 saturated carbocycles. The molecule has 1 aromatic carbocycles. The molecule has 0 radical (unpaired) electrons. The molecule has 0 fully saturated rings. The first kappa shape index (κ1) is 13.4. The molecule has 0 aromatic heterocycles. The van der Waals surface area contributed by atoms with Gasteiger partial charge in [-0.2, -0.15) is 0 Å². The summed E-state index contributed by atoms with van der Waals surface area (Å²) in [7, 11) is 0. The van der Waals surface area contributed by atoms with Crippen molar-refractivity contribution in [3.05, 3.63) is 34.4 Å². The summed E-state index contributed by atoms with van der Waals surface area (Å²) in [6.07, 6.45) is 0. The third-order valence-electron chi connectivity index (χ3n) is 2.07. The zero-order valence-electron chi connectivity index (χ0n) is 9.41. The van der Waals surface area contributed by atoms with Crippen LogP contribution in [0.4, 0.5) is 16.2 Å². The van der Waals surface area contributed by atoms with Crippen molar-refractivity contribution in [2.45, 2.75) is 13.0 Å². The van der Waals surface area contributed by atoms with Crippen LogP contribution in [-0.4, -0.2) is 28.1 Å². The van der Waals surface area contributed by atoms with Crippen molar-refractivity contribution in [3.63, 3.8) is 0 Å². The third-order valence-corrected chi connectivity index (χ3v) is 2.07. The second-order valence-electron chi connectivity index (χ2n) is 3.43. The minimum Gasteiger partial charge on any atom is -0.480 e. The number of nitro benzene ring substituents is 1. The van der Waals surface area contributed by atoms with Crippen LogP contribution in [0.3, 0.4) is 0 Å². The Morgan fingerprint density at radius 2 is 2.00 bits per heavy atom. The van der Waals surface area contributed by atoms with Gasteiger partial charge >= 0.3 is 12.0 Å². The highest BCUT2D eigenvalue weighted by molar-refractivity contribution is 5.94. The van der Waals surface area contributed by atoms with Gasteiger partial charge in [-0.05, 0) is 13.0 Å². The Morgan fingerprint density at radius 1 is 1.39 bits per heavy atom. The molecule has 0 aliphatic heterocycles. The van der Waals surface area contributed by atoms with Gasteiger partial charge in [0.15, 0.2) is 0 Å². The zero-order valence-corrected chi connectivity index (χ0v) is 9.41. The highest BCUT2D eigenvalue weighted by Gasteiger charge is 2.17. The zero-order chi connectivity index (χ0) is 13.7. The van der Waals surface area contributed by atoms with E-state index in [0.717, 1.165) is 0 Å². The molecule has 2 amide bonds. The molecule has 8 nitrogen and oxygen atoms in total. The minimum absolute atomic E-state index is 0.00223. The maximum Gasteiger partial charge on any atom is 0.325 e. The van der Waals surface area contributed by atoms with E-state index in [-0.39, 0.29) is 11.4 Å². The van der Waals surface area contributed by atoms with E-state index in [9.17, 15) is 19.7 Å². The molecule has 96 valence electrons. The van der Waals surface area contributed by atoms with Crippen LogP contribution in [0.2, 0.25) is 0 Å². The number of hydrogen-bond donors (Lipinski definition) is 3. The average molecular weight is 253 g/mol. The van der Waals surface area contributed by atoms with E-state index in [2.05, 4.69) is 10.6 Å². The molecule has 18 heavy (non-hydrogen) atoms. The monoisotopic (exact) mass is 253 g/mol. The van der Waals surface area contributed by atoms with E-state index in [0.29, 0.717) is 0 Å². The lowest BCUT2D eigenvalue weighted by Crippen LogP contribution is -2.40. The second kappa shape index (κ2) is 5.62. The highest BCUT2D eigenvalue weighted by atomic mass is 16.6. The lowest BCUT2D eigenvalue weighted by molar-refractivity contribution is -0.383. The second-order valence-corrected chi connectivity index (χ2v) is 3.43. The van der Waals surface area contributed by atoms with Gasteiger partial charge in [0.25, 0.3) is 5.69 Å². The first-order chi connectivity index (χ1) is 8.41. The largest absolute Gasteiger partial charge is 0.480 e. The molecule has 0 aliphatic rings. The van der Waals surface area contributed by atoms with Crippen LogP contribution < -0.4 is 10.6 Å². The Labute approximate surface area is 102 Å². The SMILES string of the molecule is C[C@H](NC(=O)Nc1ccccc1[N+](=O)[O-])C(=O)O. The first-order valence-electron chi connectivity index (χ1n) is 4.95. The predicted molar refractivity (Wildman–Crippen MR) is 62.3 cm³/mol. The number of anilines is 1. The first-order valence-corrected chi connectivity index (χ1v) is 4.95. The summed E-state index contributed by atoms with van der Waals surface area (Å²) in [5.41, 5.74) is -0.270. The molecule has 1 aromatic rings. The molecule has 0 unspecified atom stereocenters. The molecule has 1 atom stereocenters. The lowest BCUT2D eigenvalue weighted by atomic mass is 10.2. The van der Waals surface area contributed by atoms with E-state index in [1.807, 2.05) is 0 Å². The molecule has 0 spiro atoms. The van der Waals surface area contributed by atoms with E-state index in [1.54, 1.807) is 0 Å². The summed E-state index contributed by atoms with van der Waals surface area (Å²) in [4.78, 5) is 31.9. The number of nitrogens with zero attached hydrogens (tertiary/aromatic N) is 1. The molecule has 0 saturated heterocycles. The quantitative estimate of drug-likeness (QED) is 0.549. The molecule has 0 heterocycles. The smallest absolute Gasteiger partial charge is 0.325 e. The summed E-state index contributed by atoms with van der Waals surface area (Å²) < 4.78 is 0. The fraction of sp³-hybridized carbons (Fsp3) is 0.200. The Morgan fingerprint density at radius 3 is 2.56 bits per heavy atom. The fourth-order valence-electron chi connectivity index (χ4n) is 1.16. The number of rotatable bonds is 4. The standard InChI is InChI=1S/C10H11N3O5/c1-6(9(14)15)11-10(16)12-7-4-2-3-5-8(7)13(17)18/h2-6H,1H3,(H,14,15)(H2,11,12,16)/t6-/m0/s1. The third kappa shape index (κ3) is 3.44. The number of amides is 2. The van der Waals surface area contributed by atoms with Crippen LogP contribution in [0, 0.1) is 10.1 Å². The van der Waals surface area contributed by atoms with Gasteiger partial charge in [0.1, 0.15) is 11.7 Å². The highest BCUT2D eigenvalue weighted by Crippen LogP contribution is 2.22. The van der Waals surface area contributed by atoms with E-state index < -0.39 is 23.0 Å². The summed E-state index contributed by atoms with van der Waals surface area (Å²) in [5, 5.41) is 23.6.